The van der Waals surface area contributed by atoms with E-state index in [0.29, 0.717) is 28.4 Å². The number of halogens is 1. The number of piperidine rings is 1. The van der Waals surface area contributed by atoms with Crippen LogP contribution in [-0.4, -0.2) is 47.9 Å². The summed E-state index contributed by atoms with van der Waals surface area (Å²) in [5, 5.41) is 6.64. The van der Waals surface area contributed by atoms with E-state index in [1.165, 1.54) is 19.3 Å². The molecule has 3 aromatic rings. The van der Waals surface area contributed by atoms with Gasteiger partial charge in [0, 0.05) is 35.1 Å². The van der Waals surface area contributed by atoms with Gasteiger partial charge in [-0.25, -0.2) is 0 Å². The maximum atomic E-state index is 13.1. The van der Waals surface area contributed by atoms with Crippen LogP contribution < -0.4 is 10.6 Å². The van der Waals surface area contributed by atoms with E-state index >= 15 is 0 Å². The van der Waals surface area contributed by atoms with Gasteiger partial charge in [-0.05, 0) is 74.3 Å². The molecule has 1 fully saturated rings. The van der Waals surface area contributed by atoms with Crippen molar-refractivity contribution in [1.29, 1.82) is 0 Å². The Kier molecular flexibility index (Phi) is 6.75. The molecule has 0 radical (unpaired) electrons. The summed E-state index contributed by atoms with van der Waals surface area (Å²) in [6.07, 6.45) is 5.52. The Morgan fingerprint density at radius 1 is 1.11 bits per heavy atom. The van der Waals surface area contributed by atoms with E-state index in [1.807, 2.05) is 55.5 Å². The molecule has 7 heteroatoms. The van der Waals surface area contributed by atoms with Crippen molar-refractivity contribution in [2.45, 2.75) is 26.2 Å². The molecule has 5 rings (SSSR count). The number of aromatic nitrogens is 1. The number of carbonyl (C=O) groups excluding carboxylic acids is 2. The first-order chi connectivity index (χ1) is 17.0. The molecule has 3 N–H and O–H groups in total. The Morgan fingerprint density at radius 3 is 2.71 bits per heavy atom. The fourth-order valence-corrected chi connectivity index (χ4v) is 5.14. The van der Waals surface area contributed by atoms with Crippen molar-refractivity contribution in [3.63, 3.8) is 0 Å². The van der Waals surface area contributed by atoms with Gasteiger partial charge in [-0.2, -0.15) is 0 Å². The summed E-state index contributed by atoms with van der Waals surface area (Å²) in [5.41, 5.74) is 5.92. The number of benzene rings is 2. The molecule has 0 aliphatic carbocycles. The molecular formula is C28H29ClN4O2. The van der Waals surface area contributed by atoms with Gasteiger partial charge < -0.3 is 20.5 Å². The molecule has 6 nitrogen and oxygen atoms in total. The Labute approximate surface area is 210 Å². The summed E-state index contributed by atoms with van der Waals surface area (Å²) in [4.78, 5) is 31.7. The Balaban J connectivity index is 1.43. The number of hydrogen-bond donors (Lipinski definition) is 3. The predicted octanol–water partition coefficient (Wildman–Crippen LogP) is 5.35. The Morgan fingerprint density at radius 2 is 1.91 bits per heavy atom. The minimum atomic E-state index is -0.196. The molecule has 2 aromatic carbocycles. The zero-order chi connectivity index (χ0) is 24.4. The number of aryl methyl sites for hydroxylation is 1. The summed E-state index contributed by atoms with van der Waals surface area (Å²) in [5.74, 6) is -0.335. The lowest BCUT2D eigenvalue weighted by Gasteiger charge is -2.26. The predicted molar refractivity (Wildman–Crippen MR) is 142 cm³/mol. The number of amides is 2. The molecule has 180 valence electrons. The first-order valence-corrected chi connectivity index (χ1v) is 12.5. The van der Waals surface area contributed by atoms with E-state index in [1.54, 1.807) is 6.08 Å². The molecule has 1 aromatic heterocycles. The van der Waals surface area contributed by atoms with Crippen molar-refractivity contribution >= 4 is 40.8 Å². The van der Waals surface area contributed by atoms with Crippen LogP contribution in [-0.2, 0) is 4.79 Å². The number of nitrogens with one attached hydrogen (secondary N) is 3. The molecule has 35 heavy (non-hydrogen) atoms. The first-order valence-electron chi connectivity index (χ1n) is 12.1. The highest BCUT2D eigenvalue weighted by Gasteiger charge is 2.28. The van der Waals surface area contributed by atoms with Gasteiger partial charge in [0.15, 0.2) is 0 Å². The van der Waals surface area contributed by atoms with Gasteiger partial charge in [0.2, 0.25) is 0 Å². The van der Waals surface area contributed by atoms with Crippen LogP contribution in [0, 0.1) is 6.92 Å². The second-order valence-electron chi connectivity index (χ2n) is 9.19. The van der Waals surface area contributed by atoms with Crippen molar-refractivity contribution < 1.29 is 9.59 Å². The van der Waals surface area contributed by atoms with Gasteiger partial charge in [-0.15, -0.1) is 0 Å². The summed E-state index contributed by atoms with van der Waals surface area (Å²) in [6, 6.07) is 15.2. The van der Waals surface area contributed by atoms with E-state index in [2.05, 4.69) is 20.5 Å². The van der Waals surface area contributed by atoms with Crippen LogP contribution in [0.1, 0.15) is 46.6 Å². The quantitative estimate of drug-likeness (QED) is 0.409. The molecule has 2 aliphatic rings. The van der Waals surface area contributed by atoms with E-state index < -0.39 is 0 Å². The van der Waals surface area contributed by atoms with Gasteiger partial charge >= 0.3 is 0 Å². The van der Waals surface area contributed by atoms with Crippen molar-refractivity contribution in [1.82, 2.24) is 15.2 Å². The number of carbonyl (C=O) groups is 2. The maximum Gasteiger partial charge on any atom is 0.256 e. The van der Waals surface area contributed by atoms with Crippen molar-refractivity contribution in [2.24, 2.45) is 0 Å². The van der Waals surface area contributed by atoms with Crippen molar-refractivity contribution in [2.75, 3.05) is 31.5 Å². The van der Waals surface area contributed by atoms with E-state index in [-0.39, 0.29) is 11.8 Å². The molecule has 1 saturated heterocycles. The maximum absolute atomic E-state index is 13.1. The molecule has 3 heterocycles. The smallest absolute Gasteiger partial charge is 0.256 e. The SMILES string of the molecule is Cc1cc(C(=O)NCCN2CCCCC2)c(C=C2C(=O)Nc3cccc(-c4cccc(Cl)c4)c32)[nH]1. The van der Waals surface area contributed by atoms with Crippen molar-refractivity contribution in [3.8, 4) is 11.1 Å². The van der Waals surface area contributed by atoms with Crippen LogP contribution in [0.4, 0.5) is 5.69 Å². The highest BCUT2D eigenvalue weighted by molar-refractivity contribution is 6.36. The lowest BCUT2D eigenvalue weighted by atomic mass is 9.94. The van der Waals surface area contributed by atoms with Gasteiger partial charge in [0.05, 0.1) is 16.8 Å². The van der Waals surface area contributed by atoms with Gasteiger partial charge in [-0.3, -0.25) is 9.59 Å². The van der Waals surface area contributed by atoms with E-state index in [0.717, 1.165) is 47.7 Å². The Bertz CT molecular complexity index is 1300. The number of likely N-dealkylation sites (tertiary alicyclic amines) is 1. The average Bonchev–Trinajstić information content (AvgIpc) is 3.38. The standard InChI is InChI=1S/C28H29ClN4O2/c1-18-15-22(27(34)30-11-14-33-12-3-2-4-13-33)25(31-18)17-23-26-21(19-7-5-8-20(29)16-19)9-6-10-24(26)32-28(23)35/h5-10,15-17,31H,2-4,11-14H2,1H3,(H,30,34)(H,32,35). The third-order valence-electron chi connectivity index (χ3n) is 6.64. The summed E-state index contributed by atoms with van der Waals surface area (Å²) < 4.78 is 0. The summed E-state index contributed by atoms with van der Waals surface area (Å²) in [7, 11) is 0. The topological polar surface area (TPSA) is 77.2 Å². The third kappa shape index (κ3) is 5.04. The third-order valence-corrected chi connectivity index (χ3v) is 6.88. The van der Waals surface area contributed by atoms with Crippen molar-refractivity contribution in [3.05, 3.63) is 76.1 Å². The largest absolute Gasteiger partial charge is 0.358 e. The number of aromatic amines is 1. The van der Waals surface area contributed by atoms with Crippen LogP contribution in [0.3, 0.4) is 0 Å². The monoisotopic (exact) mass is 488 g/mol. The molecule has 2 amide bonds. The van der Waals surface area contributed by atoms with Crippen LogP contribution >= 0.6 is 11.6 Å². The second kappa shape index (κ2) is 10.1. The lowest BCUT2D eigenvalue weighted by Crippen LogP contribution is -2.37. The number of fused-ring (bicyclic) bond motifs is 1. The highest BCUT2D eigenvalue weighted by atomic mass is 35.5. The highest BCUT2D eigenvalue weighted by Crippen LogP contribution is 2.41. The molecule has 0 unspecified atom stereocenters. The fraction of sp³-hybridized carbons (Fsp3) is 0.286. The first kappa shape index (κ1) is 23.4. The van der Waals surface area contributed by atoms with Crippen LogP contribution in [0.5, 0.6) is 0 Å². The Hall–Kier alpha value is -3.35. The van der Waals surface area contributed by atoms with Crippen LogP contribution in [0.15, 0.2) is 48.5 Å². The number of H-pyrrole nitrogens is 1. The number of rotatable bonds is 6. The number of anilines is 1. The zero-order valence-electron chi connectivity index (χ0n) is 19.8. The van der Waals surface area contributed by atoms with Gasteiger partial charge in [0.1, 0.15) is 0 Å². The van der Waals surface area contributed by atoms with E-state index in [9.17, 15) is 9.59 Å². The average molecular weight is 489 g/mol. The van der Waals surface area contributed by atoms with Crippen LogP contribution in [0.25, 0.3) is 22.8 Å². The normalized spacial score (nSPS) is 16.9. The molecule has 0 saturated carbocycles. The van der Waals surface area contributed by atoms with Crippen LogP contribution in [0.2, 0.25) is 5.02 Å². The number of nitrogens with zero attached hydrogens (tertiary/aromatic N) is 1. The summed E-state index contributed by atoms with van der Waals surface area (Å²) in [6.45, 7) is 5.55. The fourth-order valence-electron chi connectivity index (χ4n) is 4.95. The van der Waals surface area contributed by atoms with E-state index in [4.69, 9.17) is 11.6 Å². The second-order valence-corrected chi connectivity index (χ2v) is 9.62. The zero-order valence-corrected chi connectivity index (χ0v) is 20.5. The minimum absolute atomic E-state index is 0.139. The minimum Gasteiger partial charge on any atom is -0.358 e. The van der Waals surface area contributed by atoms with Gasteiger partial charge in [-0.1, -0.05) is 42.3 Å². The molecule has 0 spiro atoms. The molecule has 0 atom stereocenters. The van der Waals surface area contributed by atoms with Gasteiger partial charge in [0.25, 0.3) is 11.8 Å². The molecule has 0 bridgehead atoms. The molecule has 2 aliphatic heterocycles. The number of hydrogen-bond acceptors (Lipinski definition) is 3. The molecular weight excluding hydrogens is 460 g/mol. The lowest BCUT2D eigenvalue weighted by molar-refractivity contribution is -0.110. The summed E-state index contributed by atoms with van der Waals surface area (Å²) >= 11 is 6.24.